The van der Waals surface area contributed by atoms with Crippen molar-refractivity contribution in [2.75, 3.05) is 14.7 Å². The lowest BCUT2D eigenvalue weighted by Crippen LogP contribution is -2.61. The van der Waals surface area contributed by atoms with E-state index in [1.807, 2.05) is 0 Å². The summed E-state index contributed by atoms with van der Waals surface area (Å²) < 4.78 is 0. The molecule has 0 spiro atoms. The van der Waals surface area contributed by atoms with Crippen LogP contribution in [0.2, 0.25) is 0 Å². The van der Waals surface area contributed by atoms with E-state index in [2.05, 4.69) is 261 Å². The lowest BCUT2D eigenvalue weighted by atomic mass is 9.33. The van der Waals surface area contributed by atoms with Crippen LogP contribution >= 0.6 is 0 Å². The first-order valence-corrected chi connectivity index (χ1v) is 24.3. The zero-order valence-corrected chi connectivity index (χ0v) is 41.2. The van der Waals surface area contributed by atoms with Gasteiger partial charge < -0.3 is 14.7 Å². The first-order chi connectivity index (χ1) is 32.0. The van der Waals surface area contributed by atoms with Crippen molar-refractivity contribution in [3.8, 4) is 11.1 Å². The molecular weight excluding hydrogens is 810 g/mol. The number of anilines is 9. The Hall–Kier alpha value is -6.78. The van der Waals surface area contributed by atoms with Crippen molar-refractivity contribution in [2.45, 2.75) is 98.3 Å². The lowest BCUT2D eigenvalue weighted by molar-refractivity contribution is 0.590. The van der Waals surface area contributed by atoms with Crippen LogP contribution in [0.15, 0.2) is 170 Å². The summed E-state index contributed by atoms with van der Waals surface area (Å²) in [6, 6.07) is 65.1. The van der Waals surface area contributed by atoms with E-state index in [1.54, 1.807) is 0 Å². The highest BCUT2D eigenvalue weighted by atomic mass is 15.2. The van der Waals surface area contributed by atoms with E-state index < -0.39 is 0 Å². The number of aryl methyl sites for hydroxylation is 1. The van der Waals surface area contributed by atoms with Crippen LogP contribution in [-0.2, 0) is 16.2 Å². The predicted molar refractivity (Wildman–Crippen MR) is 289 cm³/mol. The van der Waals surface area contributed by atoms with Crippen LogP contribution in [0.1, 0.15) is 109 Å². The van der Waals surface area contributed by atoms with Crippen molar-refractivity contribution in [1.29, 1.82) is 0 Å². The van der Waals surface area contributed by atoms with Crippen LogP contribution in [0, 0.1) is 6.92 Å². The summed E-state index contributed by atoms with van der Waals surface area (Å²) in [6.45, 7) is 25.5. The molecule has 67 heavy (non-hydrogen) atoms. The molecule has 0 saturated carbocycles. The summed E-state index contributed by atoms with van der Waals surface area (Å²) in [5.41, 5.74) is 25.2. The fourth-order valence-electron chi connectivity index (χ4n) is 11.3. The van der Waals surface area contributed by atoms with Crippen LogP contribution in [-0.4, -0.2) is 6.71 Å². The second-order valence-corrected chi connectivity index (χ2v) is 22.2. The van der Waals surface area contributed by atoms with Gasteiger partial charge in [0.05, 0.1) is 0 Å². The molecule has 3 nitrogen and oxygen atoms in total. The van der Waals surface area contributed by atoms with Crippen molar-refractivity contribution in [3.05, 3.63) is 203 Å². The molecule has 3 aliphatic rings. The van der Waals surface area contributed by atoms with E-state index in [1.165, 1.54) is 95.0 Å². The quantitative estimate of drug-likeness (QED) is 0.154. The Kier molecular flexibility index (Phi) is 9.84. The lowest BCUT2D eigenvalue weighted by Gasteiger charge is -2.45. The smallest absolute Gasteiger partial charge is 0.252 e. The normalized spacial score (nSPS) is 14.4. The largest absolute Gasteiger partial charge is 0.311 e. The van der Waals surface area contributed by atoms with E-state index in [0.717, 1.165) is 17.1 Å². The summed E-state index contributed by atoms with van der Waals surface area (Å²) >= 11 is 0. The number of hydrogen-bond donors (Lipinski definition) is 0. The Balaban J connectivity index is 1.20. The van der Waals surface area contributed by atoms with Gasteiger partial charge in [-0.05, 0) is 163 Å². The van der Waals surface area contributed by atoms with Gasteiger partial charge >= 0.3 is 0 Å². The molecule has 2 aliphatic heterocycles. The second-order valence-electron chi connectivity index (χ2n) is 22.2. The Morgan fingerprint density at radius 2 is 1.06 bits per heavy atom. The minimum Gasteiger partial charge on any atom is -0.311 e. The molecular formula is C63H62BN3. The fourth-order valence-corrected chi connectivity index (χ4v) is 11.3. The van der Waals surface area contributed by atoms with E-state index in [0.29, 0.717) is 5.92 Å². The molecule has 0 fully saturated rings. The molecule has 11 rings (SSSR count). The molecule has 0 bridgehead atoms. The summed E-state index contributed by atoms with van der Waals surface area (Å²) in [6.07, 6.45) is 0. The number of rotatable bonds is 6. The van der Waals surface area contributed by atoms with Crippen molar-refractivity contribution >= 4 is 74.3 Å². The molecule has 0 atom stereocenters. The molecule has 0 unspecified atom stereocenters. The molecule has 0 radical (unpaired) electrons. The zero-order chi connectivity index (χ0) is 46.7. The summed E-state index contributed by atoms with van der Waals surface area (Å²) in [5.74, 6) is 0.450. The molecule has 8 aromatic carbocycles. The number of fused-ring (bicyclic) bond motifs is 7. The third-order valence-electron chi connectivity index (χ3n) is 15.0. The number of benzene rings is 8. The molecule has 8 aromatic rings. The van der Waals surface area contributed by atoms with Crippen LogP contribution in [0.5, 0.6) is 0 Å². The third-order valence-corrected chi connectivity index (χ3v) is 15.0. The monoisotopic (exact) mass is 872 g/mol. The van der Waals surface area contributed by atoms with Gasteiger partial charge in [0.25, 0.3) is 6.71 Å². The van der Waals surface area contributed by atoms with Crippen molar-refractivity contribution in [2.24, 2.45) is 0 Å². The molecule has 2 heterocycles. The molecule has 0 amide bonds. The second kappa shape index (κ2) is 15.4. The van der Waals surface area contributed by atoms with Crippen LogP contribution in [0.4, 0.5) is 51.2 Å². The highest BCUT2D eigenvalue weighted by Gasteiger charge is 2.45. The molecule has 0 aromatic heterocycles. The Morgan fingerprint density at radius 3 is 1.73 bits per heavy atom. The van der Waals surface area contributed by atoms with Crippen molar-refractivity contribution < 1.29 is 0 Å². The Morgan fingerprint density at radius 1 is 0.478 bits per heavy atom. The van der Waals surface area contributed by atoms with Crippen molar-refractivity contribution in [3.63, 3.8) is 0 Å². The van der Waals surface area contributed by atoms with Gasteiger partial charge in [0.2, 0.25) is 0 Å². The van der Waals surface area contributed by atoms with Gasteiger partial charge in [0.15, 0.2) is 0 Å². The van der Waals surface area contributed by atoms with Gasteiger partial charge in [-0.25, -0.2) is 0 Å². The van der Waals surface area contributed by atoms with E-state index in [4.69, 9.17) is 0 Å². The number of hydrogen-bond acceptors (Lipinski definition) is 3. The average molecular weight is 872 g/mol. The van der Waals surface area contributed by atoms with Gasteiger partial charge in [0.1, 0.15) is 0 Å². The van der Waals surface area contributed by atoms with Crippen molar-refractivity contribution in [1.82, 2.24) is 0 Å². The van der Waals surface area contributed by atoms with Crippen LogP contribution < -0.4 is 31.1 Å². The van der Waals surface area contributed by atoms with Gasteiger partial charge in [-0.3, -0.25) is 0 Å². The minimum atomic E-state index is -0.0934. The molecule has 4 heteroatoms. The maximum Gasteiger partial charge on any atom is 0.252 e. The summed E-state index contributed by atoms with van der Waals surface area (Å²) in [7, 11) is 0. The average Bonchev–Trinajstić information content (AvgIpc) is 3.53. The van der Waals surface area contributed by atoms with Gasteiger partial charge in [-0.15, -0.1) is 0 Å². The highest BCUT2D eigenvalue weighted by Crippen LogP contribution is 2.52. The topological polar surface area (TPSA) is 9.72 Å². The minimum absolute atomic E-state index is 0.00196. The van der Waals surface area contributed by atoms with Gasteiger partial charge in [0, 0.05) is 56.6 Å². The van der Waals surface area contributed by atoms with Gasteiger partial charge in [-0.1, -0.05) is 160 Å². The number of nitrogens with zero attached hydrogens (tertiary/aromatic N) is 3. The maximum absolute atomic E-state index is 2.60. The standard InChI is InChI=1S/C63H62BN3/c1-40(2)42-21-26-46(27-22-42)65(45-17-13-12-14-18-45)49-31-33-54-57(39-49)67(48-30-32-53-51(38-48)50-19-15-16-20-52(50)63(53,10)11)59-36-41(3)35-58-60(59)64(54)55-37-44(62(7,8)9)25-34-56(55)66(58)47-28-23-43(24-29-47)61(4,5)6/h12-40H,1-11H3. The Labute approximate surface area is 399 Å². The first-order valence-electron chi connectivity index (χ1n) is 24.3. The summed E-state index contributed by atoms with van der Waals surface area (Å²) in [5, 5.41) is 0. The zero-order valence-electron chi connectivity index (χ0n) is 41.2. The Bertz CT molecular complexity index is 3220. The summed E-state index contributed by atoms with van der Waals surface area (Å²) in [4.78, 5) is 7.57. The predicted octanol–water partition coefficient (Wildman–Crippen LogP) is 15.6. The number of para-hydroxylation sites is 1. The molecule has 1 aliphatic carbocycles. The first kappa shape index (κ1) is 42.8. The highest BCUT2D eigenvalue weighted by molar-refractivity contribution is 7.00. The SMILES string of the molecule is Cc1cc2c3c(c1)N(c1ccc4c(c1)-c1ccccc1C4(C)C)c1cc(N(c4ccccc4)c4ccc(C(C)C)cc4)ccc1B3c1cc(C(C)(C)C)ccc1N2c1ccc(C(C)(C)C)cc1. The third kappa shape index (κ3) is 6.94. The van der Waals surface area contributed by atoms with E-state index >= 15 is 0 Å². The van der Waals surface area contributed by atoms with E-state index in [9.17, 15) is 0 Å². The molecule has 332 valence electrons. The molecule has 0 N–H and O–H groups in total. The van der Waals surface area contributed by atoms with Gasteiger partial charge in [-0.2, -0.15) is 0 Å². The van der Waals surface area contributed by atoms with Crippen LogP contribution in [0.3, 0.4) is 0 Å². The fraction of sp³-hybridized carbons (Fsp3) is 0.238. The molecule has 0 saturated heterocycles. The van der Waals surface area contributed by atoms with Crippen LogP contribution in [0.25, 0.3) is 11.1 Å². The van der Waals surface area contributed by atoms with E-state index in [-0.39, 0.29) is 23.0 Å². The maximum atomic E-state index is 2.60.